The molecule has 0 unspecified atom stereocenters. The summed E-state index contributed by atoms with van der Waals surface area (Å²) >= 11 is 3.48. The lowest BCUT2D eigenvalue weighted by atomic mass is 10.4. The Balaban J connectivity index is 2.17. The van der Waals surface area contributed by atoms with E-state index in [0.717, 1.165) is 16.0 Å². The van der Waals surface area contributed by atoms with Crippen molar-refractivity contribution in [2.24, 2.45) is 0 Å². The Morgan fingerprint density at radius 1 is 1.50 bits per heavy atom. The lowest BCUT2D eigenvalue weighted by Crippen LogP contribution is -2.10. The topological polar surface area (TPSA) is 25.4 Å². The van der Waals surface area contributed by atoms with Crippen molar-refractivity contribution >= 4 is 21.7 Å². The van der Waals surface area contributed by atoms with Crippen LogP contribution in [0, 0.1) is 0 Å². The SMILES string of the molecule is CN(C)c1cc(Br)c(OC2CC2)cn1. The van der Waals surface area contributed by atoms with Gasteiger partial charge in [-0.2, -0.15) is 0 Å². The van der Waals surface area contributed by atoms with E-state index in [2.05, 4.69) is 20.9 Å². The van der Waals surface area contributed by atoms with Gasteiger partial charge in [0.05, 0.1) is 16.8 Å². The van der Waals surface area contributed by atoms with Crippen molar-refractivity contribution in [1.29, 1.82) is 0 Å². The molecule has 1 aromatic heterocycles. The second kappa shape index (κ2) is 3.77. The zero-order valence-corrected chi connectivity index (χ0v) is 9.91. The van der Waals surface area contributed by atoms with E-state index in [1.807, 2.05) is 25.1 Å². The first-order valence-corrected chi connectivity index (χ1v) is 5.45. The second-order valence-corrected chi connectivity index (χ2v) is 4.54. The van der Waals surface area contributed by atoms with Crippen LogP contribution in [0.25, 0.3) is 0 Å². The van der Waals surface area contributed by atoms with Gasteiger partial charge in [0.2, 0.25) is 0 Å². The van der Waals surface area contributed by atoms with Crippen molar-refractivity contribution in [3.8, 4) is 5.75 Å². The Hall–Kier alpha value is -0.770. The number of hydrogen-bond donors (Lipinski definition) is 0. The molecular weight excluding hydrogens is 244 g/mol. The smallest absolute Gasteiger partial charge is 0.152 e. The molecule has 0 atom stereocenters. The highest BCUT2D eigenvalue weighted by molar-refractivity contribution is 9.10. The molecular formula is C10H13BrN2O. The summed E-state index contributed by atoms with van der Waals surface area (Å²) in [6.07, 6.45) is 4.53. The molecule has 0 radical (unpaired) electrons. The maximum absolute atomic E-state index is 5.66. The first kappa shape index (κ1) is 9.77. The lowest BCUT2D eigenvalue weighted by Gasteiger charge is -2.13. The number of hydrogen-bond acceptors (Lipinski definition) is 3. The maximum Gasteiger partial charge on any atom is 0.152 e. The third-order valence-corrected chi connectivity index (χ3v) is 2.70. The third-order valence-electron chi connectivity index (χ3n) is 2.08. The average Bonchev–Trinajstić information content (AvgIpc) is 2.92. The van der Waals surface area contributed by atoms with Crippen LogP contribution >= 0.6 is 15.9 Å². The van der Waals surface area contributed by atoms with E-state index in [0.29, 0.717) is 6.10 Å². The molecule has 1 fully saturated rings. The number of anilines is 1. The fourth-order valence-corrected chi connectivity index (χ4v) is 1.51. The highest BCUT2D eigenvalue weighted by atomic mass is 79.9. The molecule has 1 saturated carbocycles. The summed E-state index contributed by atoms with van der Waals surface area (Å²) in [5, 5.41) is 0. The molecule has 4 heteroatoms. The molecule has 0 saturated heterocycles. The molecule has 76 valence electrons. The van der Waals surface area contributed by atoms with Gasteiger partial charge in [-0.15, -0.1) is 0 Å². The minimum atomic E-state index is 0.415. The zero-order valence-electron chi connectivity index (χ0n) is 8.33. The zero-order chi connectivity index (χ0) is 10.1. The highest BCUT2D eigenvalue weighted by Gasteiger charge is 2.24. The quantitative estimate of drug-likeness (QED) is 0.831. The monoisotopic (exact) mass is 256 g/mol. The minimum absolute atomic E-state index is 0.415. The van der Waals surface area contributed by atoms with Gasteiger partial charge in [0, 0.05) is 14.1 Å². The van der Waals surface area contributed by atoms with E-state index >= 15 is 0 Å². The molecule has 0 aromatic carbocycles. The van der Waals surface area contributed by atoms with Gasteiger partial charge >= 0.3 is 0 Å². The Morgan fingerprint density at radius 3 is 2.71 bits per heavy atom. The molecule has 0 amide bonds. The van der Waals surface area contributed by atoms with E-state index in [9.17, 15) is 0 Å². The van der Waals surface area contributed by atoms with E-state index in [1.165, 1.54) is 12.8 Å². The molecule has 0 bridgehead atoms. The molecule has 1 aromatic rings. The van der Waals surface area contributed by atoms with Gasteiger partial charge in [0.25, 0.3) is 0 Å². The summed E-state index contributed by atoms with van der Waals surface area (Å²) in [6, 6.07) is 1.97. The Labute approximate surface area is 92.2 Å². The normalized spacial score (nSPS) is 15.4. The fraction of sp³-hybridized carbons (Fsp3) is 0.500. The van der Waals surface area contributed by atoms with Crippen LogP contribution in [0.1, 0.15) is 12.8 Å². The Kier molecular flexibility index (Phi) is 2.63. The van der Waals surface area contributed by atoms with Crippen LogP contribution in [0.4, 0.5) is 5.82 Å². The van der Waals surface area contributed by atoms with E-state index in [1.54, 1.807) is 6.20 Å². The van der Waals surface area contributed by atoms with Crippen molar-refractivity contribution in [3.05, 3.63) is 16.7 Å². The standard InChI is InChI=1S/C10H13BrN2O/c1-13(2)10-5-8(11)9(6-12-10)14-7-3-4-7/h5-7H,3-4H2,1-2H3. The Bertz CT molecular complexity index is 337. The van der Waals surface area contributed by atoms with Crippen LogP contribution in [0.2, 0.25) is 0 Å². The summed E-state index contributed by atoms with van der Waals surface area (Å²) in [7, 11) is 3.94. The van der Waals surface area contributed by atoms with Crippen LogP contribution in [0.3, 0.4) is 0 Å². The van der Waals surface area contributed by atoms with Crippen LogP contribution in [-0.4, -0.2) is 25.2 Å². The maximum atomic E-state index is 5.66. The van der Waals surface area contributed by atoms with E-state index in [-0.39, 0.29) is 0 Å². The van der Waals surface area contributed by atoms with E-state index < -0.39 is 0 Å². The molecule has 1 heterocycles. The molecule has 1 aliphatic carbocycles. The van der Waals surface area contributed by atoms with Crippen molar-refractivity contribution in [1.82, 2.24) is 4.98 Å². The molecule has 0 spiro atoms. The number of nitrogens with zero attached hydrogens (tertiary/aromatic N) is 2. The summed E-state index contributed by atoms with van der Waals surface area (Å²) in [5.41, 5.74) is 0. The van der Waals surface area contributed by atoms with Crippen molar-refractivity contribution in [2.75, 3.05) is 19.0 Å². The van der Waals surface area contributed by atoms with E-state index in [4.69, 9.17) is 4.74 Å². The van der Waals surface area contributed by atoms with Crippen LogP contribution in [0.15, 0.2) is 16.7 Å². The van der Waals surface area contributed by atoms with Crippen molar-refractivity contribution in [2.45, 2.75) is 18.9 Å². The summed E-state index contributed by atoms with van der Waals surface area (Å²) in [4.78, 5) is 6.25. The number of rotatable bonds is 3. The Morgan fingerprint density at radius 2 is 2.21 bits per heavy atom. The van der Waals surface area contributed by atoms with Crippen molar-refractivity contribution < 1.29 is 4.74 Å². The fourth-order valence-electron chi connectivity index (χ4n) is 1.10. The lowest BCUT2D eigenvalue weighted by molar-refractivity contribution is 0.300. The summed E-state index contributed by atoms with van der Waals surface area (Å²) in [6.45, 7) is 0. The summed E-state index contributed by atoms with van der Waals surface area (Å²) in [5.74, 6) is 1.78. The van der Waals surface area contributed by atoms with Crippen LogP contribution in [0.5, 0.6) is 5.75 Å². The number of ether oxygens (including phenoxy) is 1. The van der Waals surface area contributed by atoms with Gasteiger partial charge in [-0.3, -0.25) is 0 Å². The van der Waals surface area contributed by atoms with Gasteiger partial charge in [-0.25, -0.2) is 4.98 Å². The van der Waals surface area contributed by atoms with Gasteiger partial charge < -0.3 is 9.64 Å². The number of aromatic nitrogens is 1. The number of pyridine rings is 1. The largest absolute Gasteiger partial charge is 0.488 e. The third kappa shape index (κ3) is 2.18. The highest BCUT2D eigenvalue weighted by Crippen LogP contribution is 2.32. The molecule has 14 heavy (non-hydrogen) atoms. The van der Waals surface area contributed by atoms with Gasteiger partial charge in [-0.1, -0.05) is 0 Å². The van der Waals surface area contributed by atoms with Crippen molar-refractivity contribution in [3.63, 3.8) is 0 Å². The van der Waals surface area contributed by atoms with Gasteiger partial charge in [0.15, 0.2) is 5.75 Å². The molecule has 1 aliphatic rings. The van der Waals surface area contributed by atoms with Gasteiger partial charge in [-0.05, 0) is 34.8 Å². The molecule has 3 nitrogen and oxygen atoms in total. The average molecular weight is 257 g/mol. The molecule has 2 rings (SSSR count). The van der Waals surface area contributed by atoms with Gasteiger partial charge in [0.1, 0.15) is 5.82 Å². The van der Waals surface area contributed by atoms with Crippen LogP contribution < -0.4 is 9.64 Å². The first-order valence-electron chi connectivity index (χ1n) is 4.66. The predicted octanol–water partition coefficient (Wildman–Crippen LogP) is 2.45. The minimum Gasteiger partial charge on any atom is -0.488 e. The molecule has 0 N–H and O–H groups in total. The number of halogens is 1. The predicted molar refractivity (Wildman–Crippen MR) is 59.9 cm³/mol. The van der Waals surface area contributed by atoms with Crippen LogP contribution in [-0.2, 0) is 0 Å². The first-order chi connectivity index (χ1) is 6.66. The second-order valence-electron chi connectivity index (χ2n) is 3.68. The summed E-state index contributed by atoms with van der Waals surface area (Å²) < 4.78 is 6.64. The molecule has 0 aliphatic heterocycles.